The summed E-state index contributed by atoms with van der Waals surface area (Å²) in [6.45, 7) is 3.23. The largest absolute Gasteiger partial charge is 0.497 e. The average Bonchev–Trinajstić information content (AvgIpc) is 2.72. The molecule has 0 N–H and O–H groups in total. The van der Waals surface area contributed by atoms with E-state index in [1.54, 1.807) is 7.11 Å². The number of carbonyl (C=O) groups is 1. The first kappa shape index (κ1) is 19.5. The monoisotopic (exact) mass is 370 g/mol. The van der Waals surface area contributed by atoms with Crippen molar-refractivity contribution in [3.8, 4) is 5.75 Å². The highest BCUT2D eigenvalue weighted by atomic mass is 16.6. The second-order valence-corrected chi connectivity index (χ2v) is 6.75. The van der Waals surface area contributed by atoms with Gasteiger partial charge in [-0.2, -0.15) is 0 Å². The molecule has 27 heavy (non-hydrogen) atoms. The first-order valence-corrected chi connectivity index (χ1v) is 9.18. The molecule has 1 heterocycles. The minimum absolute atomic E-state index is 0.0826. The van der Waals surface area contributed by atoms with Crippen molar-refractivity contribution in [3.63, 3.8) is 0 Å². The molecular formula is C22H26O5. The van der Waals surface area contributed by atoms with E-state index in [0.29, 0.717) is 19.8 Å². The summed E-state index contributed by atoms with van der Waals surface area (Å²) in [6, 6.07) is 17.7. The Kier molecular flexibility index (Phi) is 6.98. The van der Waals surface area contributed by atoms with Crippen molar-refractivity contribution in [1.29, 1.82) is 0 Å². The van der Waals surface area contributed by atoms with Crippen molar-refractivity contribution < 1.29 is 23.7 Å². The molecule has 1 aliphatic heterocycles. The number of rotatable bonds is 8. The lowest BCUT2D eigenvalue weighted by molar-refractivity contribution is -0.194. The summed E-state index contributed by atoms with van der Waals surface area (Å²) in [6.07, 6.45) is -0.0653. The quantitative estimate of drug-likeness (QED) is 0.667. The maximum absolute atomic E-state index is 11.3. The standard InChI is InChI=1S/C22H26O5/c1-16-20(12-23)26-15-21(22(16)27-14-17-6-4-3-5-7-17)25-13-18-8-10-19(24-2)11-9-18/h3-12,16,20-22H,13-15H2,1-2H3/t16-,20-,21-,22+/m0/s1. The molecule has 0 bridgehead atoms. The van der Waals surface area contributed by atoms with Gasteiger partial charge in [0.05, 0.1) is 33.0 Å². The fourth-order valence-electron chi connectivity index (χ4n) is 3.24. The fourth-order valence-corrected chi connectivity index (χ4v) is 3.24. The number of aldehydes is 1. The molecule has 2 aromatic rings. The summed E-state index contributed by atoms with van der Waals surface area (Å²) in [5.74, 6) is 0.729. The summed E-state index contributed by atoms with van der Waals surface area (Å²) < 4.78 is 23.1. The second-order valence-electron chi connectivity index (χ2n) is 6.75. The molecule has 0 amide bonds. The van der Waals surface area contributed by atoms with E-state index in [-0.39, 0.29) is 18.1 Å². The average molecular weight is 370 g/mol. The summed E-state index contributed by atoms with van der Waals surface area (Å²) in [4.78, 5) is 11.3. The van der Waals surface area contributed by atoms with Gasteiger partial charge in [-0.05, 0) is 23.3 Å². The summed E-state index contributed by atoms with van der Waals surface area (Å²) in [5, 5.41) is 0. The first-order chi connectivity index (χ1) is 13.2. The van der Waals surface area contributed by atoms with E-state index in [0.717, 1.165) is 23.2 Å². The Bertz CT molecular complexity index is 700. The van der Waals surface area contributed by atoms with Gasteiger partial charge in [-0.25, -0.2) is 0 Å². The van der Waals surface area contributed by atoms with Crippen LogP contribution in [0.3, 0.4) is 0 Å². The van der Waals surface area contributed by atoms with Gasteiger partial charge in [-0.15, -0.1) is 0 Å². The van der Waals surface area contributed by atoms with Crippen molar-refractivity contribution in [1.82, 2.24) is 0 Å². The minimum atomic E-state index is -0.466. The van der Waals surface area contributed by atoms with Crippen molar-refractivity contribution >= 4 is 6.29 Å². The Morgan fingerprint density at radius 3 is 2.33 bits per heavy atom. The zero-order valence-corrected chi connectivity index (χ0v) is 15.7. The molecule has 0 saturated carbocycles. The number of hydrogen-bond acceptors (Lipinski definition) is 5. The van der Waals surface area contributed by atoms with Crippen molar-refractivity contribution in [3.05, 3.63) is 65.7 Å². The molecule has 0 radical (unpaired) electrons. The molecule has 0 spiro atoms. The zero-order valence-electron chi connectivity index (χ0n) is 15.7. The van der Waals surface area contributed by atoms with Crippen molar-refractivity contribution in [2.24, 2.45) is 5.92 Å². The van der Waals surface area contributed by atoms with E-state index in [4.69, 9.17) is 18.9 Å². The maximum Gasteiger partial charge on any atom is 0.149 e. The highest BCUT2D eigenvalue weighted by Crippen LogP contribution is 2.27. The molecular weight excluding hydrogens is 344 g/mol. The number of benzene rings is 2. The Labute approximate surface area is 160 Å². The summed E-state index contributed by atoms with van der Waals surface area (Å²) in [7, 11) is 1.64. The smallest absolute Gasteiger partial charge is 0.149 e. The van der Waals surface area contributed by atoms with Gasteiger partial charge in [0, 0.05) is 5.92 Å². The van der Waals surface area contributed by atoms with Gasteiger partial charge in [0.25, 0.3) is 0 Å². The molecule has 3 rings (SSSR count). The Morgan fingerprint density at radius 2 is 1.67 bits per heavy atom. The predicted octanol–water partition coefficient (Wildman–Crippen LogP) is 3.40. The van der Waals surface area contributed by atoms with Crippen LogP contribution in [0.1, 0.15) is 18.1 Å². The van der Waals surface area contributed by atoms with Crippen LogP contribution in [0, 0.1) is 5.92 Å². The van der Waals surface area contributed by atoms with Crippen LogP contribution in [0.2, 0.25) is 0 Å². The topological polar surface area (TPSA) is 54.0 Å². The third-order valence-corrected chi connectivity index (χ3v) is 4.90. The Hall–Kier alpha value is -2.21. The van der Waals surface area contributed by atoms with Crippen LogP contribution in [0.25, 0.3) is 0 Å². The van der Waals surface area contributed by atoms with E-state index in [1.165, 1.54) is 0 Å². The number of ether oxygens (including phenoxy) is 4. The number of hydrogen-bond donors (Lipinski definition) is 0. The molecule has 1 saturated heterocycles. The molecule has 1 aliphatic rings. The van der Waals surface area contributed by atoms with Gasteiger partial charge >= 0.3 is 0 Å². The highest BCUT2D eigenvalue weighted by molar-refractivity contribution is 5.57. The first-order valence-electron chi connectivity index (χ1n) is 9.18. The molecule has 2 aromatic carbocycles. The van der Waals surface area contributed by atoms with Gasteiger partial charge in [0.1, 0.15) is 24.2 Å². The minimum Gasteiger partial charge on any atom is -0.497 e. The molecule has 1 fully saturated rings. The van der Waals surface area contributed by atoms with E-state index in [1.807, 2.05) is 61.5 Å². The van der Waals surface area contributed by atoms with Gasteiger partial charge in [-0.1, -0.05) is 49.4 Å². The molecule has 5 nitrogen and oxygen atoms in total. The van der Waals surface area contributed by atoms with Crippen molar-refractivity contribution in [2.75, 3.05) is 13.7 Å². The normalized spacial score (nSPS) is 25.1. The van der Waals surface area contributed by atoms with E-state index < -0.39 is 6.10 Å². The van der Waals surface area contributed by atoms with Crippen LogP contribution in [-0.4, -0.2) is 38.3 Å². The van der Waals surface area contributed by atoms with E-state index in [9.17, 15) is 4.79 Å². The van der Waals surface area contributed by atoms with Crippen LogP contribution in [0.4, 0.5) is 0 Å². The van der Waals surface area contributed by atoms with Crippen LogP contribution in [0.15, 0.2) is 54.6 Å². The predicted molar refractivity (Wildman–Crippen MR) is 102 cm³/mol. The zero-order chi connectivity index (χ0) is 19.1. The maximum atomic E-state index is 11.3. The summed E-state index contributed by atoms with van der Waals surface area (Å²) >= 11 is 0. The van der Waals surface area contributed by atoms with E-state index in [2.05, 4.69) is 0 Å². The van der Waals surface area contributed by atoms with Gasteiger partial charge < -0.3 is 23.7 Å². The summed E-state index contributed by atoms with van der Waals surface area (Å²) in [5.41, 5.74) is 2.13. The SMILES string of the molecule is COc1ccc(CO[C@H]2CO[C@@H](C=O)[C@H](C)[C@H]2OCc2ccccc2)cc1. The molecule has 0 aromatic heterocycles. The molecule has 0 unspecified atom stereocenters. The van der Waals surface area contributed by atoms with Crippen LogP contribution in [-0.2, 0) is 32.2 Å². The molecule has 5 heteroatoms. The lowest BCUT2D eigenvalue weighted by Crippen LogP contribution is -2.50. The molecule has 144 valence electrons. The Balaban J connectivity index is 1.63. The number of methoxy groups -OCH3 is 1. The van der Waals surface area contributed by atoms with Gasteiger partial charge in [0.15, 0.2) is 0 Å². The lowest BCUT2D eigenvalue weighted by atomic mass is 9.91. The van der Waals surface area contributed by atoms with Crippen LogP contribution >= 0.6 is 0 Å². The van der Waals surface area contributed by atoms with Crippen LogP contribution < -0.4 is 4.74 Å². The van der Waals surface area contributed by atoms with E-state index >= 15 is 0 Å². The van der Waals surface area contributed by atoms with Crippen LogP contribution in [0.5, 0.6) is 5.75 Å². The van der Waals surface area contributed by atoms with Gasteiger partial charge in [0.2, 0.25) is 0 Å². The lowest BCUT2D eigenvalue weighted by Gasteiger charge is -2.39. The third kappa shape index (κ3) is 5.16. The second kappa shape index (κ2) is 9.65. The van der Waals surface area contributed by atoms with Gasteiger partial charge in [-0.3, -0.25) is 0 Å². The third-order valence-electron chi connectivity index (χ3n) is 4.90. The van der Waals surface area contributed by atoms with Crippen molar-refractivity contribution in [2.45, 2.75) is 38.4 Å². The highest BCUT2D eigenvalue weighted by Gasteiger charge is 2.39. The molecule has 4 atom stereocenters. The Morgan fingerprint density at radius 1 is 1.00 bits per heavy atom. The number of carbonyl (C=O) groups excluding carboxylic acids is 1. The fraction of sp³-hybridized carbons (Fsp3) is 0.409. The molecule has 0 aliphatic carbocycles.